The van der Waals surface area contributed by atoms with E-state index < -0.39 is 10.0 Å². The van der Waals surface area contributed by atoms with E-state index in [-0.39, 0.29) is 22.9 Å². The topological polar surface area (TPSA) is 57.7 Å². The van der Waals surface area contributed by atoms with Crippen LogP contribution in [-0.2, 0) is 16.4 Å². The first-order valence-corrected chi connectivity index (χ1v) is 12.8. The van der Waals surface area contributed by atoms with Crippen LogP contribution in [0.5, 0.6) is 0 Å². The van der Waals surface area contributed by atoms with Gasteiger partial charge in [0.05, 0.1) is 10.6 Å². The molecule has 0 N–H and O–H groups in total. The smallest absolute Gasteiger partial charge is 0.264 e. The van der Waals surface area contributed by atoms with Crippen LogP contribution >= 0.6 is 0 Å². The normalized spacial score (nSPS) is 18.2. The molecule has 0 radical (unpaired) electrons. The molecular weight excluding hydrogens is 408 g/mol. The molecule has 4 rings (SSSR count). The van der Waals surface area contributed by atoms with Crippen molar-refractivity contribution < 1.29 is 13.2 Å². The van der Waals surface area contributed by atoms with Crippen molar-refractivity contribution in [3.8, 4) is 0 Å². The second kappa shape index (κ2) is 8.65. The van der Waals surface area contributed by atoms with Crippen LogP contribution in [0.15, 0.2) is 53.4 Å². The Morgan fingerprint density at radius 1 is 1.13 bits per heavy atom. The fourth-order valence-electron chi connectivity index (χ4n) is 4.47. The standard InChI is InChI=1S/C25H32N2O3S/c1-4-18(2)19(3)27(22-14-15-22)25(28)21-10-7-12-23(17-21)31(29,30)26-16-8-11-20-9-5-6-13-24(20)26/h5-7,9-10,12-13,17-19,22H,4,8,11,14-16H2,1-3H3. The van der Waals surface area contributed by atoms with Crippen LogP contribution in [0.25, 0.3) is 0 Å². The number of hydrogen-bond acceptors (Lipinski definition) is 3. The molecule has 2 atom stereocenters. The van der Waals surface area contributed by atoms with Gasteiger partial charge in [0.2, 0.25) is 0 Å². The molecular formula is C25H32N2O3S. The SMILES string of the molecule is CCC(C)C(C)N(C(=O)c1cccc(S(=O)(=O)N2CCCc3ccccc32)c1)C1CC1. The van der Waals surface area contributed by atoms with Crippen LogP contribution in [0.1, 0.15) is 62.4 Å². The lowest BCUT2D eigenvalue weighted by Gasteiger charge is -2.33. The number of fused-ring (bicyclic) bond motifs is 1. The van der Waals surface area contributed by atoms with Crippen molar-refractivity contribution in [3.63, 3.8) is 0 Å². The number of rotatable bonds is 7. The van der Waals surface area contributed by atoms with Crippen molar-refractivity contribution in [1.29, 1.82) is 0 Å². The third-order valence-electron chi connectivity index (χ3n) is 6.82. The highest BCUT2D eigenvalue weighted by atomic mass is 32.2. The van der Waals surface area contributed by atoms with E-state index in [1.165, 1.54) is 4.31 Å². The van der Waals surface area contributed by atoms with Gasteiger partial charge >= 0.3 is 0 Å². The molecule has 1 heterocycles. The van der Waals surface area contributed by atoms with Gasteiger partial charge in [-0.2, -0.15) is 0 Å². The summed E-state index contributed by atoms with van der Waals surface area (Å²) in [6, 6.07) is 14.7. The summed E-state index contributed by atoms with van der Waals surface area (Å²) in [7, 11) is -3.74. The number of anilines is 1. The number of sulfonamides is 1. The molecule has 1 fully saturated rings. The Kier molecular flexibility index (Phi) is 6.11. The number of nitrogens with zero attached hydrogens (tertiary/aromatic N) is 2. The summed E-state index contributed by atoms with van der Waals surface area (Å²) in [5, 5.41) is 0. The van der Waals surface area contributed by atoms with Gasteiger partial charge in [0.1, 0.15) is 0 Å². The number of hydrogen-bond donors (Lipinski definition) is 0. The van der Waals surface area contributed by atoms with Crippen molar-refractivity contribution in [2.45, 2.75) is 69.9 Å². The molecule has 6 heteroatoms. The van der Waals surface area contributed by atoms with Gasteiger partial charge in [0, 0.05) is 24.2 Å². The lowest BCUT2D eigenvalue weighted by molar-refractivity contribution is 0.0615. The minimum Gasteiger partial charge on any atom is -0.333 e. The number of aryl methyl sites for hydroxylation is 1. The average molecular weight is 441 g/mol. The fourth-order valence-corrected chi connectivity index (χ4v) is 6.05. The van der Waals surface area contributed by atoms with Crippen molar-refractivity contribution in [3.05, 3.63) is 59.7 Å². The lowest BCUT2D eigenvalue weighted by atomic mass is 9.98. The second-order valence-corrected chi connectivity index (χ2v) is 10.8. The molecule has 0 saturated heterocycles. The monoisotopic (exact) mass is 440 g/mol. The van der Waals surface area contributed by atoms with E-state index in [9.17, 15) is 13.2 Å². The van der Waals surface area contributed by atoms with Crippen LogP contribution in [0.3, 0.4) is 0 Å². The van der Waals surface area contributed by atoms with Crippen LogP contribution in [0.2, 0.25) is 0 Å². The molecule has 2 aromatic carbocycles. The number of amides is 1. The Labute approximate surface area is 186 Å². The molecule has 2 aliphatic rings. The molecule has 1 saturated carbocycles. The van der Waals surface area contributed by atoms with E-state index in [1.807, 2.05) is 29.2 Å². The maximum atomic E-state index is 13.5. The zero-order chi connectivity index (χ0) is 22.2. The van der Waals surface area contributed by atoms with E-state index in [1.54, 1.807) is 24.3 Å². The van der Waals surface area contributed by atoms with E-state index in [0.717, 1.165) is 43.4 Å². The van der Waals surface area contributed by atoms with Gasteiger partial charge in [-0.25, -0.2) is 8.42 Å². The molecule has 0 bridgehead atoms. The Morgan fingerprint density at radius 3 is 2.58 bits per heavy atom. The molecule has 5 nitrogen and oxygen atoms in total. The summed E-state index contributed by atoms with van der Waals surface area (Å²) >= 11 is 0. The van der Waals surface area contributed by atoms with Gasteiger partial charge in [-0.05, 0) is 68.4 Å². The summed E-state index contributed by atoms with van der Waals surface area (Å²) in [5.41, 5.74) is 2.25. The van der Waals surface area contributed by atoms with Gasteiger partial charge in [-0.1, -0.05) is 44.5 Å². The Balaban J connectivity index is 1.66. The van der Waals surface area contributed by atoms with Gasteiger partial charge in [0.25, 0.3) is 15.9 Å². The van der Waals surface area contributed by atoms with Crippen LogP contribution < -0.4 is 4.31 Å². The van der Waals surface area contributed by atoms with Gasteiger partial charge < -0.3 is 4.90 Å². The molecule has 1 aliphatic heterocycles. The lowest BCUT2D eigenvalue weighted by Crippen LogP contribution is -2.43. The molecule has 0 spiro atoms. The minimum absolute atomic E-state index is 0.0635. The molecule has 0 aromatic heterocycles. The number of carbonyl (C=O) groups is 1. The maximum absolute atomic E-state index is 13.5. The van der Waals surface area contributed by atoms with Gasteiger partial charge in [-0.3, -0.25) is 9.10 Å². The predicted molar refractivity (Wildman–Crippen MR) is 124 cm³/mol. The number of benzene rings is 2. The maximum Gasteiger partial charge on any atom is 0.264 e. The molecule has 2 aromatic rings. The highest BCUT2D eigenvalue weighted by Crippen LogP contribution is 2.34. The number of carbonyl (C=O) groups excluding carboxylic acids is 1. The fraction of sp³-hybridized carbons (Fsp3) is 0.480. The minimum atomic E-state index is -3.74. The summed E-state index contributed by atoms with van der Waals surface area (Å²) < 4.78 is 28.6. The van der Waals surface area contributed by atoms with E-state index in [4.69, 9.17) is 0 Å². The molecule has 1 aliphatic carbocycles. The average Bonchev–Trinajstić information content (AvgIpc) is 3.63. The highest BCUT2D eigenvalue weighted by Gasteiger charge is 2.38. The van der Waals surface area contributed by atoms with Crippen molar-refractivity contribution in [2.75, 3.05) is 10.8 Å². The Bertz CT molecular complexity index is 1060. The molecule has 1 amide bonds. The molecule has 166 valence electrons. The largest absolute Gasteiger partial charge is 0.333 e. The third kappa shape index (κ3) is 4.22. The van der Waals surface area contributed by atoms with Crippen molar-refractivity contribution in [2.24, 2.45) is 5.92 Å². The zero-order valence-electron chi connectivity index (χ0n) is 18.6. The summed E-state index contributed by atoms with van der Waals surface area (Å²) in [6.07, 6.45) is 4.71. The predicted octanol–water partition coefficient (Wildman–Crippen LogP) is 4.87. The highest BCUT2D eigenvalue weighted by molar-refractivity contribution is 7.92. The summed E-state index contributed by atoms with van der Waals surface area (Å²) in [5.74, 6) is 0.327. The van der Waals surface area contributed by atoms with E-state index >= 15 is 0 Å². The van der Waals surface area contributed by atoms with Crippen LogP contribution in [-0.4, -0.2) is 37.9 Å². The quantitative estimate of drug-likeness (QED) is 0.617. The van der Waals surface area contributed by atoms with E-state index in [2.05, 4.69) is 20.8 Å². The first-order chi connectivity index (χ1) is 14.8. The van der Waals surface area contributed by atoms with Crippen LogP contribution in [0.4, 0.5) is 5.69 Å². The first kappa shape index (κ1) is 21.9. The third-order valence-corrected chi connectivity index (χ3v) is 8.63. The summed E-state index contributed by atoms with van der Waals surface area (Å²) in [6.45, 7) is 6.87. The van der Waals surface area contributed by atoms with Crippen LogP contribution in [0, 0.1) is 5.92 Å². The van der Waals surface area contributed by atoms with Gasteiger partial charge in [0.15, 0.2) is 0 Å². The first-order valence-electron chi connectivity index (χ1n) is 11.4. The van der Waals surface area contributed by atoms with E-state index in [0.29, 0.717) is 18.0 Å². The molecule has 2 unspecified atom stereocenters. The van der Waals surface area contributed by atoms with Crippen molar-refractivity contribution in [1.82, 2.24) is 4.90 Å². The van der Waals surface area contributed by atoms with Gasteiger partial charge in [-0.15, -0.1) is 0 Å². The molecule has 31 heavy (non-hydrogen) atoms. The van der Waals surface area contributed by atoms with Crippen molar-refractivity contribution >= 4 is 21.6 Å². The second-order valence-electron chi connectivity index (χ2n) is 8.91. The Hall–Kier alpha value is -2.34. The Morgan fingerprint density at radius 2 is 1.87 bits per heavy atom. The number of para-hydroxylation sites is 1. The zero-order valence-corrected chi connectivity index (χ0v) is 19.4. The summed E-state index contributed by atoms with van der Waals surface area (Å²) in [4.78, 5) is 15.6.